The molecule has 1 rings (SSSR count). The van der Waals surface area contributed by atoms with Crippen molar-refractivity contribution in [2.75, 3.05) is 0 Å². The van der Waals surface area contributed by atoms with Gasteiger partial charge in [0, 0.05) is 5.02 Å². The fraction of sp³-hybridized carbons (Fsp3) is 0.300. The molecular weight excluding hydrogens is 189 g/mol. The van der Waals surface area contributed by atoms with Gasteiger partial charge in [0.2, 0.25) is 0 Å². The zero-order chi connectivity index (χ0) is 10.1. The van der Waals surface area contributed by atoms with Gasteiger partial charge in [0.15, 0.2) is 0 Å². The summed E-state index contributed by atoms with van der Waals surface area (Å²) in [4.78, 5) is 0. The molecule has 13 heavy (non-hydrogen) atoms. The number of halogens is 2. The van der Waals surface area contributed by atoms with E-state index in [4.69, 9.17) is 16.9 Å². The van der Waals surface area contributed by atoms with E-state index in [1.807, 2.05) is 0 Å². The average Bonchev–Trinajstić information content (AvgIpc) is 2.03. The van der Waals surface area contributed by atoms with Gasteiger partial charge in [0.25, 0.3) is 0 Å². The molecule has 1 aromatic carbocycles. The molecule has 0 aromatic heterocycles. The van der Waals surface area contributed by atoms with E-state index < -0.39 is 5.41 Å². The maximum atomic E-state index is 12.7. The van der Waals surface area contributed by atoms with Gasteiger partial charge in [-0.15, -0.1) is 0 Å². The molecule has 0 aliphatic heterocycles. The van der Waals surface area contributed by atoms with Crippen molar-refractivity contribution < 1.29 is 4.39 Å². The Morgan fingerprint density at radius 2 is 2.08 bits per heavy atom. The van der Waals surface area contributed by atoms with E-state index in [2.05, 4.69) is 6.07 Å². The van der Waals surface area contributed by atoms with Crippen LogP contribution in [0, 0.1) is 17.1 Å². The second-order valence-electron chi connectivity index (χ2n) is 3.36. The van der Waals surface area contributed by atoms with E-state index in [1.54, 1.807) is 19.9 Å². The zero-order valence-electron chi connectivity index (χ0n) is 7.44. The molecule has 0 fully saturated rings. The Morgan fingerprint density at radius 1 is 1.46 bits per heavy atom. The smallest absolute Gasteiger partial charge is 0.124 e. The number of nitriles is 1. The van der Waals surface area contributed by atoms with Crippen LogP contribution in [0.3, 0.4) is 0 Å². The lowest BCUT2D eigenvalue weighted by molar-refractivity contribution is 0.622. The Bertz CT molecular complexity index is 366. The molecule has 0 saturated heterocycles. The first-order valence-electron chi connectivity index (χ1n) is 3.84. The van der Waals surface area contributed by atoms with Crippen LogP contribution in [0.5, 0.6) is 0 Å². The Hall–Kier alpha value is -1.07. The third-order valence-corrected chi connectivity index (χ3v) is 2.20. The summed E-state index contributed by atoms with van der Waals surface area (Å²) in [5, 5.41) is 9.14. The lowest BCUT2D eigenvalue weighted by atomic mass is 9.86. The van der Waals surface area contributed by atoms with Crippen LogP contribution in [-0.4, -0.2) is 0 Å². The van der Waals surface area contributed by atoms with Crippen molar-refractivity contribution in [3.8, 4) is 6.07 Å². The first-order chi connectivity index (χ1) is 5.97. The highest BCUT2D eigenvalue weighted by Crippen LogP contribution is 2.29. The van der Waals surface area contributed by atoms with Crippen LogP contribution in [-0.2, 0) is 5.41 Å². The molecule has 0 radical (unpaired) electrons. The van der Waals surface area contributed by atoms with Crippen LogP contribution in [0.15, 0.2) is 18.2 Å². The van der Waals surface area contributed by atoms with E-state index in [-0.39, 0.29) is 5.82 Å². The van der Waals surface area contributed by atoms with Crippen LogP contribution in [0.4, 0.5) is 4.39 Å². The topological polar surface area (TPSA) is 23.8 Å². The van der Waals surface area contributed by atoms with Crippen LogP contribution in [0.2, 0.25) is 5.02 Å². The summed E-state index contributed by atoms with van der Waals surface area (Å²) in [5.74, 6) is -0.387. The van der Waals surface area contributed by atoms with Crippen molar-refractivity contribution in [1.29, 1.82) is 5.26 Å². The van der Waals surface area contributed by atoms with Crippen LogP contribution >= 0.6 is 11.6 Å². The first kappa shape index (κ1) is 10.0. The summed E-state index contributed by atoms with van der Waals surface area (Å²) in [7, 11) is 0. The van der Waals surface area contributed by atoms with Crippen LogP contribution < -0.4 is 0 Å². The number of hydrogen-bond acceptors (Lipinski definition) is 1. The third-order valence-electron chi connectivity index (χ3n) is 1.88. The highest BCUT2D eigenvalue weighted by atomic mass is 35.5. The molecule has 0 aliphatic carbocycles. The summed E-state index contributed by atoms with van der Waals surface area (Å²) < 4.78 is 12.7. The van der Waals surface area contributed by atoms with E-state index in [0.717, 1.165) is 0 Å². The predicted molar refractivity (Wildman–Crippen MR) is 50.0 cm³/mol. The van der Waals surface area contributed by atoms with Crippen molar-refractivity contribution in [1.82, 2.24) is 0 Å². The molecule has 1 nitrogen and oxygen atoms in total. The second kappa shape index (κ2) is 3.35. The van der Waals surface area contributed by atoms with Gasteiger partial charge in [-0.25, -0.2) is 4.39 Å². The molecule has 0 unspecified atom stereocenters. The maximum Gasteiger partial charge on any atom is 0.124 e. The van der Waals surface area contributed by atoms with Crippen molar-refractivity contribution in [3.63, 3.8) is 0 Å². The minimum atomic E-state index is -0.676. The maximum absolute atomic E-state index is 12.7. The van der Waals surface area contributed by atoms with Crippen molar-refractivity contribution in [2.24, 2.45) is 0 Å². The lowest BCUT2D eigenvalue weighted by Gasteiger charge is -2.16. The molecule has 0 atom stereocenters. The summed E-state index contributed by atoms with van der Waals surface area (Å²) in [6, 6.07) is 6.18. The largest absolute Gasteiger partial charge is 0.207 e. The van der Waals surface area contributed by atoms with Gasteiger partial charge >= 0.3 is 0 Å². The van der Waals surface area contributed by atoms with Crippen molar-refractivity contribution in [3.05, 3.63) is 34.6 Å². The second-order valence-corrected chi connectivity index (χ2v) is 3.77. The van der Waals surface area contributed by atoms with Gasteiger partial charge in [-0.3, -0.25) is 0 Å². The molecule has 0 aliphatic rings. The monoisotopic (exact) mass is 197 g/mol. The Kier molecular flexibility index (Phi) is 2.58. The third kappa shape index (κ3) is 1.99. The number of benzene rings is 1. The first-order valence-corrected chi connectivity index (χ1v) is 4.22. The summed E-state index contributed by atoms with van der Waals surface area (Å²) >= 11 is 5.80. The molecular formula is C10H9ClFN. The summed E-state index contributed by atoms with van der Waals surface area (Å²) in [5.41, 5.74) is -0.0248. The fourth-order valence-corrected chi connectivity index (χ4v) is 1.46. The number of nitrogens with zero attached hydrogens (tertiary/aromatic N) is 1. The van der Waals surface area contributed by atoms with Crippen LogP contribution in [0.1, 0.15) is 19.4 Å². The van der Waals surface area contributed by atoms with Crippen LogP contribution in [0.25, 0.3) is 0 Å². The Labute approximate surface area is 81.8 Å². The fourth-order valence-electron chi connectivity index (χ4n) is 1.06. The van der Waals surface area contributed by atoms with E-state index in [1.165, 1.54) is 12.1 Å². The molecule has 0 saturated carbocycles. The van der Waals surface area contributed by atoms with Crippen molar-refractivity contribution >= 4 is 11.6 Å². The number of hydrogen-bond donors (Lipinski definition) is 0. The molecule has 0 N–H and O–H groups in total. The highest BCUT2D eigenvalue weighted by molar-refractivity contribution is 6.31. The summed E-state index contributed by atoms with van der Waals surface area (Å²) in [6.45, 7) is 3.48. The SMILES string of the molecule is CC(C)(C#N)c1ccc(F)cc1Cl. The van der Waals surface area contributed by atoms with Gasteiger partial charge in [-0.05, 0) is 31.5 Å². The highest BCUT2D eigenvalue weighted by Gasteiger charge is 2.22. The average molecular weight is 198 g/mol. The summed E-state index contributed by atoms with van der Waals surface area (Å²) in [6.07, 6.45) is 0. The van der Waals surface area contributed by atoms with Gasteiger partial charge in [0.1, 0.15) is 5.82 Å². The molecule has 0 bridgehead atoms. The zero-order valence-corrected chi connectivity index (χ0v) is 8.19. The minimum absolute atomic E-state index is 0.298. The Balaban J connectivity index is 3.26. The van der Waals surface area contributed by atoms with Gasteiger partial charge in [-0.2, -0.15) is 5.26 Å². The minimum Gasteiger partial charge on any atom is -0.207 e. The molecule has 3 heteroatoms. The van der Waals surface area contributed by atoms with E-state index >= 15 is 0 Å². The van der Waals surface area contributed by atoms with Gasteiger partial charge < -0.3 is 0 Å². The molecule has 0 spiro atoms. The standard InChI is InChI=1S/C10H9ClFN/c1-10(2,6-13)8-4-3-7(12)5-9(8)11/h3-5H,1-2H3. The van der Waals surface area contributed by atoms with Gasteiger partial charge in [0.05, 0.1) is 11.5 Å². The van der Waals surface area contributed by atoms with Crippen molar-refractivity contribution in [2.45, 2.75) is 19.3 Å². The predicted octanol–water partition coefficient (Wildman–Crippen LogP) is 3.28. The number of rotatable bonds is 1. The van der Waals surface area contributed by atoms with E-state index in [9.17, 15) is 4.39 Å². The molecule has 0 heterocycles. The molecule has 0 amide bonds. The van der Waals surface area contributed by atoms with E-state index in [0.29, 0.717) is 10.6 Å². The Morgan fingerprint density at radius 3 is 2.54 bits per heavy atom. The quantitative estimate of drug-likeness (QED) is 0.678. The normalized spacial score (nSPS) is 11.0. The lowest BCUT2D eigenvalue weighted by Crippen LogP contribution is -2.14. The van der Waals surface area contributed by atoms with Gasteiger partial charge in [-0.1, -0.05) is 17.7 Å². The molecule has 1 aromatic rings. The molecule has 68 valence electrons.